The third-order valence-corrected chi connectivity index (χ3v) is 8.55. The summed E-state index contributed by atoms with van der Waals surface area (Å²) in [5.41, 5.74) is 3.63. The second-order valence-corrected chi connectivity index (χ2v) is 10.8. The molecule has 0 saturated heterocycles. The number of allylic oxidation sites excluding steroid dienone is 4. The van der Waals surface area contributed by atoms with E-state index in [4.69, 9.17) is 4.74 Å². The first kappa shape index (κ1) is 23.1. The molecule has 1 N–H and O–H groups in total. The zero-order valence-electron chi connectivity index (χ0n) is 20.0. The smallest absolute Gasteiger partial charge is 0.312 e. The molecule has 3 aliphatic carbocycles. The minimum Gasteiger partial charge on any atom is -0.463 e. The minimum absolute atomic E-state index is 0.0552. The Bertz CT molecular complexity index is 903. The van der Waals surface area contributed by atoms with Crippen molar-refractivity contribution in [3.05, 3.63) is 53.4 Å². The molecule has 1 fully saturated rings. The van der Waals surface area contributed by atoms with Crippen LogP contribution in [0.4, 0.5) is 10.1 Å². The van der Waals surface area contributed by atoms with Gasteiger partial charge in [0, 0.05) is 12.2 Å². The predicted molar refractivity (Wildman–Crippen MR) is 128 cm³/mol. The van der Waals surface area contributed by atoms with Crippen LogP contribution in [0.1, 0.15) is 66.2 Å². The van der Waals surface area contributed by atoms with Crippen LogP contribution in [0.5, 0.6) is 0 Å². The summed E-state index contributed by atoms with van der Waals surface area (Å²) >= 11 is 0. The number of rotatable bonds is 6. The highest BCUT2D eigenvalue weighted by atomic mass is 19.1. The number of benzene rings is 1. The molecule has 4 heteroatoms. The fourth-order valence-corrected chi connectivity index (χ4v) is 6.66. The maximum Gasteiger partial charge on any atom is 0.312 e. The summed E-state index contributed by atoms with van der Waals surface area (Å²) in [5.74, 6) is 1.17. The fraction of sp³-hybridized carbons (Fsp3) is 0.607. The molecule has 0 aliphatic heterocycles. The van der Waals surface area contributed by atoms with Gasteiger partial charge in [-0.1, -0.05) is 44.9 Å². The van der Waals surface area contributed by atoms with Gasteiger partial charge in [-0.25, -0.2) is 4.39 Å². The van der Waals surface area contributed by atoms with E-state index in [0.717, 1.165) is 24.9 Å². The average Bonchev–Trinajstić information content (AvgIpc) is 2.77. The van der Waals surface area contributed by atoms with Crippen LogP contribution in [0.3, 0.4) is 0 Å². The monoisotopic (exact) mass is 439 g/mol. The second kappa shape index (κ2) is 9.03. The van der Waals surface area contributed by atoms with Crippen molar-refractivity contribution in [3.63, 3.8) is 0 Å². The second-order valence-electron chi connectivity index (χ2n) is 10.8. The lowest BCUT2D eigenvalue weighted by Crippen LogP contribution is -2.53. The number of hydrogen-bond donors (Lipinski definition) is 1. The first-order valence-electron chi connectivity index (χ1n) is 12.3. The Kier molecular flexibility index (Phi) is 6.51. The summed E-state index contributed by atoms with van der Waals surface area (Å²) in [7, 11) is 0. The number of halogens is 1. The molecular formula is C28H38FNO2. The molecule has 4 rings (SSSR count). The number of hydrogen-bond acceptors (Lipinski definition) is 3. The summed E-state index contributed by atoms with van der Waals surface area (Å²) in [6, 6.07) is 6.24. The number of esters is 1. The van der Waals surface area contributed by atoms with Gasteiger partial charge in [-0.15, -0.1) is 0 Å². The molecule has 3 nitrogen and oxygen atoms in total. The topological polar surface area (TPSA) is 38.3 Å². The standard InChI is InChI=1S/C28H38FNO2/c1-19(2)20-6-12-24-21(18-20)7-13-25-27(24,3)14-5-15-28(25,4)26(31)32-17-16-30-23-10-8-22(29)9-11-23/h7-11,18-19,24-25,30H,5-6,12-17H2,1-4H3/t24-,25+,27+,28+/m0/s1. The van der Waals surface area contributed by atoms with Gasteiger partial charge in [-0.2, -0.15) is 0 Å². The molecule has 3 aliphatic rings. The first-order valence-corrected chi connectivity index (χ1v) is 12.3. The zero-order valence-corrected chi connectivity index (χ0v) is 20.0. The minimum atomic E-state index is -0.438. The van der Waals surface area contributed by atoms with Crippen molar-refractivity contribution >= 4 is 11.7 Å². The van der Waals surface area contributed by atoms with Gasteiger partial charge >= 0.3 is 5.97 Å². The number of nitrogens with one attached hydrogen (secondary N) is 1. The van der Waals surface area contributed by atoms with E-state index in [2.05, 4.69) is 45.2 Å². The summed E-state index contributed by atoms with van der Waals surface area (Å²) < 4.78 is 18.9. The molecule has 32 heavy (non-hydrogen) atoms. The molecule has 0 amide bonds. The Morgan fingerprint density at radius 3 is 2.69 bits per heavy atom. The van der Waals surface area contributed by atoms with Crippen molar-refractivity contribution in [3.8, 4) is 0 Å². The maximum absolute atomic E-state index is 13.3. The van der Waals surface area contributed by atoms with E-state index >= 15 is 0 Å². The van der Waals surface area contributed by atoms with Crippen molar-refractivity contribution in [2.45, 2.75) is 66.2 Å². The van der Waals surface area contributed by atoms with Gasteiger partial charge in [-0.3, -0.25) is 4.79 Å². The highest BCUT2D eigenvalue weighted by Gasteiger charge is 2.57. The average molecular weight is 440 g/mol. The Balaban J connectivity index is 1.43. The van der Waals surface area contributed by atoms with E-state index < -0.39 is 5.41 Å². The molecule has 1 aromatic carbocycles. The zero-order chi connectivity index (χ0) is 22.9. The van der Waals surface area contributed by atoms with Gasteiger partial charge in [0.2, 0.25) is 0 Å². The van der Waals surface area contributed by atoms with Crippen LogP contribution >= 0.6 is 0 Å². The molecule has 1 aromatic rings. The van der Waals surface area contributed by atoms with Crippen molar-refractivity contribution in [2.75, 3.05) is 18.5 Å². The molecule has 0 aromatic heterocycles. The summed E-state index contributed by atoms with van der Waals surface area (Å²) in [6.45, 7) is 9.99. The molecule has 0 radical (unpaired) electrons. The van der Waals surface area contributed by atoms with Crippen molar-refractivity contribution in [1.82, 2.24) is 0 Å². The van der Waals surface area contributed by atoms with E-state index in [1.54, 1.807) is 17.7 Å². The van der Waals surface area contributed by atoms with Gasteiger partial charge < -0.3 is 10.1 Å². The van der Waals surface area contributed by atoms with Gasteiger partial charge in [0.15, 0.2) is 0 Å². The number of fused-ring (bicyclic) bond motifs is 3. The molecule has 0 spiro atoms. The Morgan fingerprint density at radius 1 is 1.22 bits per heavy atom. The van der Waals surface area contributed by atoms with E-state index in [9.17, 15) is 9.18 Å². The maximum atomic E-state index is 13.3. The highest BCUT2D eigenvalue weighted by molar-refractivity contribution is 5.77. The number of carbonyl (C=O) groups excluding carboxylic acids is 1. The quantitative estimate of drug-likeness (QED) is 0.386. The normalized spacial score (nSPS) is 31.8. The van der Waals surface area contributed by atoms with E-state index in [0.29, 0.717) is 30.9 Å². The third-order valence-electron chi connectivity index (χ3n) is 8.55. The summed E-state index contributed by atoms with van der Waals surface area (Å²) in [5, 5.41) is 3.20. The molecular weight excluding hydrogens is 401 g/mol. The highest BCUT2D eigenvalue weighted by Crippen LogP contribution is 2.62. The Morgan fingerprint density at radius 2 is 1.97 bits per heavy atom. The molecule has 0 unspecified atom stereocenters. The van der Waals surface area contributed by atoms with Crippen LogP contribution in [0.2, 0.25) is 0 Å². The van der Waals surface area contributed by atoms with Crippen LogP contribution in [0.25, 0.3) is 0 Å². The van der Waals surface area contributed by atoms with Gasteiger partial charge in [0.1, 0.15) is 12.4 Å². The van der Waals surface area contributed by atoms with Gasteiger partial charge in [0.05, 0.1) is 5.41 Å². The van der Waals surface area contributed by atoms with Crippen LogP contribution in [0, 0.1) is 34.4 Å². The lowest BCUT2D eigenvalue weighted by Gasteiger charge is -2.57. The lowest BCUT2D eigenvalue weighted by molar-refractivity contribution is -0.169. The van der Waals surface area contributed by atoms with Crippen molar-refractivity contribution in [2.24, 2.45) is 28.6 Å². The third kappa shape index (κ3) is 4.25. The van der Waals surface area contributed by atoms with Crippen LogP contribution < -0.4 is 5.32 Å². The largest absolute Gasteiger partial charge is 0.463 e. The molecule has 1 saturated carbocycles. The van der Waals surface area contributed by atoms with Gasteiger partial charge in [0.25, 0.3) is 0 Å². The summed E-state index contributed by atoms with van der Waals surface area (Å²) in [4.78, 5) is 13.3. The van der Waals surface area contributed by atoms with Crippen LogP contribution in [-0.2, 0) is 9.53 Å². The van der Waals surface area contributed by atoms with Crippen molar-refractivity contribution in [1.29, 1.82) is 0 Å². The van der Waals surface area contributed by atoms with E-state index in [1.807, 2.05) is 0 Å². The van der Waals surface area contributed by atoms with Crippen LogP contribution in [-0.4, -0.2) is 19.1 Å². The SMILES string of the molecule is CC(C)C1=CC2=CC[C@@H]3[C@](C)(CCC[C@@]3(C)C(=O)OCCNc3ccc(F)cc3)[C@H]2CC1. The van der Waals surface area contributed by atoms with E-state index in [-0.39, 0.29) is 17.2 Å². The molecule has 4 atom stereocenters. The fourth-order valence-electron chi connectivity index (χ4n) is 6.66. The van der Waals surface area contributed by atoms with Gasteiger partial charge in [-0.05, 0) is 92.0 Å². The molecule has 0 heterocycles. The summed E-state index contributed by atoms with van der Waals surface area (Å²) in [6.07, 6.45) is 11.4. The number of carbonyl (C=O) groups is 1. The molecule has 0 bridgehead atoms. The Labute approximate surface area is 192 Å². The van der Waals surface area contributed by atoms with Crippen LogP contribution in [0.15, 0.2) is 47.6 Å². The molecule has 174 valence electrons. The Hall–Kier alpha value is -2.10. The number of ether oxygens (including phenoxy) is 1. The van der Waals surface area contributed by atoms with E-state index in [1.165, 1.54) is 37.0 Å². The first-order chi connectivity index (χ1) is 15.2. The lowest BCUT2D eigenvalue weighted by atomic mass is 9.47. The number of anilines is 1. The van der Waals surface area contributed by atoms with Crippen molar-refractivity contribution < 1.29 is 13.9 Å². The predicted octanol–water partition coefficient (Wildman–Crippen LogP) is 6.92.